The number of fused-ring (bicyclic) bond motifs is 1. The molecule has 0 amide bonds. The SMILES string of the molecule is CCCCCCCCN1C=Cc2ccccc2C1. The van der Waals surface area contributed by atoms with Crippen molar-refractivity contribution in [2.24, 2.45) is 0 Å². The average Bonchev–Trinajstić information content (AvgIpc) is 2.42. The molecule has 0 radical (unpaired) electrons. The molecule has 0 saturated carbocycles. The average molecular weight is 243 g/mol. The van der Waals surface area contributed by atoms with E-state index in [0.717, 1.165) is 6.54 Å². The Kier molecular flexibility index (Phi) is 5.32. The number of benzene rings is 1. The molecule has 0 saturated heterocycles. The Bertz CT molecular complexity index is 381. The van der Waals surface area contributed by atoms with Crippen LogP contribution in [0.4, 0.5) is 0 Å². The zero-order chi connectivity index (χ0) is 12.6. The van der Waals surface area contributed by atoms with Crippen molar-refractivity contribution < 1.29 is 0 Å². The van der Waals surface area contributed by atoms with Crippen molar-refractivity contribution >= 4 is 6.08 Å². The summed E-state index contributed by atoms with van der Waals surface area (Å²) in [6.45, 7) is 4.56. The van der Waals surface area contributed by atoms with E-state index in [0.29, 0.717) is 0 Å². The number of nitrogens with zero attached hydrogens (tertiary/aromatic N) is 1. The molecule has 0 unspecified atom stereocenters. The van der Waals surface area contributed by atoms with Gasteiger partial charge in [0.15, 0.2) is 0 Å². The molecular weight excluding hydrogens is 218 g/mol. The predicted molar refractivity (Wildman–Crippen MR) is 79.3 cm³/mol. The van der Waals surface area contributed by atoms with E-state index in [-0.39, 0.29) is 0 Å². The number of hydrogen-bond acceptors (Lipinski definition) is 1. The topological polar surface area (TPSA) is 3.24 Å². The molecule has 1 aromatic rings. The van der Waals surface area contributed by atoms with Crippen molar-refractivity contribution in [3.8, 4) is 0 Å². The largest absolute Gasteiger partial charge is 0.373 e. The molecule has 1 aromatic carbocycles. The molecule has 1 aliphatic rings. The summed E-state index contributed by atoms with van der Waals surface area (Å²) >= 11 is 0. The number of hydrogen-bond donors (Lipinski definition) is 0. The molecular formula is C17H25N. The molecule has 1 heterocycles. The summed E-state index contributed by atoms with van der Waals surface area (Å²) in [6.07, 6.45) is 12.8. The highest BCUT2D eigenvalue weighted by Crippen LogP contribution is 2.19. The first-order valence-electron chi connectivity index (χ1n) is 7.40. The van der Waals surface area contributed by atoms with Crippen LogP contribution in [0, 0.1) is 0 Å². The quantitative estimate of drug-likeness (QED) is 0.620. The fourth-order valence-corrected chi connectivity index (χ4v) is 2.55. The van der Waals surface area contributed by atoms with Gasteiger partial charge in [-0.1, -0.05) is 63.3 Å². The van der Waals surface area contributed by atoms with Crippen LogP contribution in [0.2, 0.25) is 0 Å². The Labute approximate surface area is 112 Å². The smallest absolute Gasteiger partial charge is 0.0429 e. The maximum absolute atomic E-state index is 2.45. The van der Waals surface area contributed by atoms with Crippen LogP contribution >= 0.6 is 0 Å². The third-order valence-corrected chi connectivity index (χ3v) is 3.69. The monoisotopic (exact) mass is 243 g/mol. The van der Waals surface area contributed by atoms with E-state index in [2.05, 4.69) is 48.4 Å². The highest BCUT2D eigenvalue weighted by molar-refractivity contribution is 5.55. The van der Waals surface area contributed by atoms with Gasteiger partial charge in [0, 0.05) is 13.1 Å². The zero-order valence-electron chi connectivity index (χ0n) is 11.6. The van der Waals surface area contributed by atoms with E-state index < -0.39 is 0 Å². The van der Waals surface area contributed by atoms with Crippen LogP contribution < -0.4 is 0 Å². The minimum atomic E-state index is 1.08. The molecule has 1 nitrogen and oxygen atoms in total. The van der Waals surface area contributed by atoms with Crippen molar-refractivity contribution in [1.82, 2.24) is 4.90 Å². The molecule has 0 aromatic heterocycles. The molecule has 18 heavy (non-hydrogen) atoms. The van der Waals surface area contributed by atoms with E-state index in [1.807, 2.05) is 0 Å². The first-order chi connectivity index (χ1) is 8.90. The third kappa shape index (κ3) is 3.90. The molecule has 1 aliphatic heterocycles. The molecule has 2 rings (SSSR count). The minimum absolute atomic E-state index is 1.08. The van der Waals surface area contributed by atoms with Crippen LogP contribution in [0.25, 0.3) is 6.08 Å². The van der Waals surface area contributed by atoms with Crippen molar-refractivity contribution in [3.63, 3.8) is 0 Å². The summed E-state index contributed by atoms with van der Waals surface area (Å²) in [7, 11) is 0. The van der Waals surface area contributed by atoms with Gasteiger partial charge in [0.1, 0.15) is 0 Å². The Hall–Kier alpha value is -1.24. The molecule has 1 heteroatoms. The zero-order valence-corrected chi connectivity index (χ0v) is 11.6. The Balaban J connectivity index is 1.67. The molecule has 0 fully saturated rings. The van der Waals surface area contributed by atoms with E-state index in [9.17, 15) is 0 Å². The second kappa shape index (κ2) is 7.25. The van der Waals surface area contributed by atoms with Gasteiger partial charge in [0.2, 0.25) is 0 Å². The summed E-state index contributed by atoms with van der Waals surface area (Å²) < 4.78 is 0. The van der Waals surface area contributed by atoms with Crippen LogP contribution in [-0.4, -0.2) is 11.4 Å². The van der Waals surface area contributed by atoms with Crippen LogP contribution in [0.3, 0.4) is 0 Å². The van der Waals surface area contributed by atoms with Gasteiger partial charge in [-0.25, -0.2) is 0 Å². The van der Waals surface area contributed by atoms with E-state index in [1.54, 1.807) is 0 Å². The summed E-state index contributed by atoms with van der Waals surface area (Å²) in [5, 5.41) is 0. The van der Waals surface area contributed by atoms with Crippen molar-refractivity contribution in [2.45, 2.75) is 52.0 Å². The number of unbranched alkanes of at least 4 members (excludes halogenated alkanes) is 5. The van der Waals surface area contributed by atoms with Gasteiger partial charge in [-0.05, 0) is 29.8 Å². The van der Waals surface area contributed by atoms with E-state index in [4.69, 9.17) is 0 Å². The maximum Gasteiger partial charge on any atom is 0.0429 e. The van der Waals surface area contributed by atoms with Gasteiger partial charge in [0.25, 0.3) is 0 Å². The molecule has 0 aliphatic carbocycles. The Morgan fingerprint density at radius 2 is 1.78 bits per heavy atom. The van der Waals surface area contributed by atoms with Crippen LogP contribution in [-0.2, 0) is 6.54 Å². The minimum Gasteiger partial charge on any atom is -0.373 e. The lowest BCUT2D eigenvalue weighted by molar-refractivity contribution is 0.353. The first-order valence-corrected chi connectivity index (χ1v) is 7.40. The van der Waals surface area contributed by atoms with Crippen molar-refractivity contribution in [3.05, 3.63) is 41.6 Å². The van der Waals surface area contributed by atoms with Crippen molar-refractivity contribution in [1.29, 1.82) is 0 Å². The van der Waals surface area contributed by atoms with Gasteiger partial charge in [0.05, 0.1) is 0 Å². The highest BCUT2D eigenvalue weighted by atomic mass is 15.1. The van der Waals surface area contributed by atoms with E-state index in [1.165, 1.54) is 56.2 Å². The van der Waals surface area contributed by atoms with Gasteiger partial charge in [-0.3, -0.25) is 0 Å². The molecule has 0 atom stereocenters. The fraction of sp³-hybridized carbons (Fsp3) is 0.529. The summed E-state index contributed by atoms with van der Waals surface area (Å²) in [5.41, 5.74) is 2.85. The molecule has 0 N–H and O–H groups in total. The van der Waals surface area contributed by atoms with Gasteiger partial charge in [-0.2, -0.15) is 0 Å². The summed E-state index contributed by atoms with van der Waals surface area (Å²) in [5.74, 6) is 0. The lowest BCUT2D eigenvalue weighted by atomic mass is 10.0. The van der Waals surface area contributed by atoms with Gasteiger partial charge in [-0.15, -0.1) is 0 Å². The third-order valence-electron chi connectivity index (χ3n) is 3.69. The predicted octanol–water partition coefficient (Wildman–Crippen LogP) is 4.83. The lowest BCUT2D eigenvalue weighted by Crippen LogP contribution is -2.21. The van der Waals surface area contributed by atoms with Crippen LogP contribution in [0.1, 0.15) is 56.6 Å². The number of rotatable bonds is 7. The van der Waals surface area contributed by atoms with Crippen LogP contribution in [0.15, 0.2) is 30.5 Å². The highest BCUT2D eigenvalue weighted by Gasteiger charge is 2.08. The second-order valence-electron chi connectivity index (χ2n) is 5.25. The van der Waals surface area contributed by atoms with E-state index >= 15 is 0 Å². The fourth-order valence-electron chi connectivity index (χ4n) is 2.55. The molecule has 0 spiro atoms. The van der Waals surface area contributed by atoms with Crippen LogP contribution in [0.5, 0.6) is 0 Å². The Morgan fingerprint density at radius 3 is 2.67 bits per heavy atom. The standard InChI is InChI=1S/C17H25N/c1-2-3-4-5-6-9-13-18-14-12-16-10-7-8-11-17(16)15-18/h7-8,10-12,14H,2-6,9,13,15H2,1H3. The normalized spacial score (nSPS) is 13.7. The first kappa shape index (κ1) is 13.2. The van der Waals surface area contributed by atoms with Crippen molar-refractivity contribution in [2.75, 3.05) is 6.54 Å². The maximum atomic E-state index is 2.45. The Morgan fingerprint density at radius 1 is 1.00 bits per heavy atom. The second-order valence-corrected chi connectivity index (χ2v) is 5.25. The molecule has 0 bridgehead atoms. The summed E-state index contributed by atoms with van der Waals surface area (Å²) in [4.78, 5) is 2.45. The molecule has 98 valence electrons. The van der Waals surface area contributed by atoms with Gasteiger partial charge < -0.3 is 4.90 Å². The van der Waals surface area contributed by atoms with Gasteiger partial charge >= 0.3 is 0 Å². The summed E-state index contributed by atoms with van der Waals surface area (Å²) in [6, 6.07) is 8.70. The lowest BCUT2D eigenvalue weighted by Gasteiger charge is -2.25.